The van der Waals surface area contributed by atoms with Gasteiger partial charge in [0.1, 0.15) is 5.75 Å². The highest BCUT2D eigenvalue weighted by Gasteiger charge is 2.00. The molecule has 0 atom stereocenters. The summed E-state index contributed by atoms with van der Waals surface area (Å²) in [6.45, 7) is 2.78. The van der Waals surface area contributed by atoms with E-state index in [1.807, 2.05) is 12.1 Å². The van der Waals surface area contributed by atoms with Crippen LogP contribution in [-0.4, -0.2) is 25.2 Å². The highest BCUT2D eigenvalue weighted by molar-refractivity contribution is 6.45. The van der Waals surface area contributed by atoms with Crippen molar-refractivity contribution >= 4 is 12.7 Å². The van der Waals surface area contributed by atoms with Gasteiger partial charge in [0.25, 0.3) is 0 Å². The van der Waals surface area contributed by atoms with Crippen molar-refractivity contribution in [1.82, 2.24) is 5.23 Å². The van der Waals surface area contributed by atoms with Crippen LogP contribution in [0.2, 0.25) is 6.82 Å². The average Bonchev–Trinajstić information content (AvgIpc) is 2.12. The van der Waals surface area contributed by atoms with Crippen LogP contribution in [0.4, 0.5) is 5.69 Å². The first kappa shape index (κ1) is 10.9. The molecule has 0 bridgehead atoms. The van der Waals surface area contributed by atoms with Crippen LogP contribution in [0.3, 0.4) is 0 Å². The molecule has 4 nitrogen and oxygen atoms in total. The van der Waals surface area contributed by atoms with E-state index in [2.05, 4.69) is 5.23 Å². The van der Waals surface area contributed by atoms with Crippen molar-refractivity contribution in [3.05, 3.63) is 24.3 Å². The van der Waals surface area contributed by atoms with E-state index in [4.69, 9.17) is 15.5 Å². The van der Waals surface area contributed by atoms with Crippen LogP contribution in [0, 0.1) is 0 Å². The predicted molar refractivity (Wildman–Crippen MR) is 58.2 cm³/mol. The number of hydrogen-bond acceptors (Lipinski definition) is 4. The maximum Gasteiger partial charge on any atom is 0.373 e. The Morgan fingerprint density at radius 1 is 1.57 bits per heavy atom. The number of nitrogen functional groups attached to an aromatic ring is 1. The fourth-order valence-corrected chi connectivity index (χ4v) is 1.04. The minimum atomic E-state index is -0.501. The van der Waals surface area contributed by atoms with Gasteiger partial charge in [-0.1, -0.05) is 6.07 Å². The van der Waals surface area contributed by atoms with E-state index >= 15 is 0 Å². The van der Waals surface area contributed by atoms with Crippen molar-refractivity contribution < 1.29 is 9.76 Å². The number of rotatable bonds is 5. The lowest BCUT2D eigenvalue weighted by Gasteiger charge is -2.07. The van der Waals surface area contributed by atoms with Crippen LogP contribution in [0.1, 0.15) is 0 Å². The van der Waals surface area contributed by atoms with Gasteiger partial charge in [0.15, 0.2) is 0 Å². The molecule has 0 aliphatic heterocycles. The standard InChI is InChI=1S/C9H15BN2O2/c1-10(13)12-5-6-14-9-4-2-3-8(11)7-9/h2-4,7,12-13H,5-6,11H2,1H3. The SMILES string of the molecule is CB(O)NCCOc1cccc(N)c1. The van der Waals surface area contributed by atoms with Gasteiger partial charge in [-0.3, -0.25) is 0 Å². The second kappa shape index (κ2) is 5.52. The monoisotopic (exact) mass is 194 g/mol. The first-order valence-electron chi connectivity index (χ1n) is 4.58. The molecule has 0 amide bonds. The van der Waals surface area contributed by atoms with E-state index in [1.165, 1.54) is 0 Å². The quantitative estimate of drug-likeness (QED) is 0.359. The van der Waals surface area contributed by atoms with E-state index in [1.54, 1.807) is 19.0 Å². The van der Waals surface area contributed by atoms with Gasteiger partial charge < -0.3 is 20.7 Å². The van der Waals surface area contributed by atoms with Gasteiger partial charge in [-0.2, -0.15) is 0 Å². The van der Waals surface area contributed by atoms with Gasteiger partial charge in [-0.05, 0) is 19.0 Å². The van der Waals surface area contributed by atoms with Crippen molar-refractivity contribution in [2.75, 3.05) is 18.9 Å². The van der Waals surface area contributed by atoms with E-state index < -0.39 is 7.05 Å². The Kier molecular flexibility index (Phi) is 4.29. The third-order valence-electron chi connectivity index (χ3n) is 1.67. The number of benzene rings is 1. The van der Waals surface area contributed by atoms with E-state index in [0.717, 1.165) is 5.75 Å². The summed E-state index contributed by atoms with van der Waals surface area (Å²) in [6.07, 6.45) is 0. The zero-order chi connectivity index (χ0) is 10.4. The van der Waals surface area contributed by atoms with Crippen molar-refractivity contribution in [2.24, 2.45) is 0 Å². The molecule has 0 aliphatic rings. The van der Waals surface area contributed by atoms with Crippen molar-refractivity contribution in [1.29, 1.82) is 0 Å². The molecule has 1 rings (SSSR count). The minimum Gasteiger partial charge on any atom is -0.492 e. The number of nitrogens with one attached hydrogen (secondary N) is 1. The molecular weight excluding hydrogens is 179 g/mol. The molecule has 0 saturated carbocycles. The molecule has 76 valence electrons. The second-order valence-corrected chi connectivity index (χ2v) is 3.05. The topological polar surface area (TPSA) is 67.5 Å². The van der Waals surface area contributed by atoms with Crippen molar-refractivity contribution in [3.8, 4) is 5.75 Å². The number of anilines is 1. The lowest BCUT2D eigenvalue weighted by Crippen LogP contribution is -2.33. The van der Waals surface area contributed by atoms with Crippen molar-refractivity contribution in [2.45, 2.75) is 6.82 Å². The summed E-state index contributed by atoms with van der Waals surface area (Å²) < 4.78 is 5.38. The van der Waals surface area contributed by atoms with Gasteiger partial charge in [-0.15, -0.1) is 0 Å². The molecular formula is C9H15BN2O2. The first-order valence-corrected chi connectivity index (χ1v) is 4.58. The summed E-state index contributed by atoms with van der Waals surface area (Å²) in [6, 6.07) is 7.26. The van der Waals surface area contributed by atoms with Gasteiger partial charge in [0, 0.05) is 18.3 Å². The molecule has 0 saturated heterocycles. The summed E-state index contributed by atoms with van der Waals surface area (Å²) in [5.41, 5.74) is 6.26. The largest absolute Gasteiger partial charge is 0.492 e. The predicted octanol–water partition coefficient (Wildman–Crippen LogP) is 0.347. The van der Waals surface area contributed by atoms with Crippen molar-refractivity contribution in [3.63, 3.8) is 0 Å². The number of hydrogen-bond donors (Lipinski definition) is 3. The Bertz CT molecular complexity index is 281. The molecule has 4 N–H and O–H groups in total. The molecule has 5 heteroatoms. The molecule has 1 aromatic rings. The zero-order valence-electron chi connectivity index (χ0n) is 8.23. The van der Waals surface area contributed by atoms with Gasteiger partial charge in [-0.25, -0.2) is 0 Å². The van der Waals surface area contributed by atoms with Crippen LogP contribution < -0.4 is 15.7 Å². The lowest BCUT2D eigenvalue weighted by molar-refractivity contribution is 0.320. The maximum absolute atomic E-state index is 8.91. The highest BCUT2D eigenvalue weighted by atomic mass is 16.5. The highest BCUT2D eigenvalue weighted by Crippen LogP contribution is 2.13. The third-order valence-corrected chi connectivity index (χ3v) is 1.67. The summed E-state index contributed by atoms with van der Waals surface area (Å²) in [4.78, 5) is 0. The van der Waals surface area contributed by atoms with Crippen LogP contribution in [0.5, 0.6) is 5.75 Å². The summed E-state index contributed by atoms with van der Waals surface area (Å²) in [7, 11) is -0.501. The van der Waals surface area contributed by atoms with E-state index in [-0.39, 0.29) is 0 Å². The van der Waals surface area contributed by atoms with Crippen LogP contribution in [0.15, 0.2) is 24.3 Å². The summed E-state index contributed by atoms with van der Waals surface area (Å²) >= 11 is 0. The molecule has 14 heavy (non-hydrogen) atoms. The molecule has 0 aliphatic carbocycles. The van der Waals surface area contributed by atoms with Gasteiger partial charge in [0.2, 0.25) is 0 Å². The minimum absolute atomic E-state index is 0.501. The maximum atomic E-state index is 8.91. The number of ether oxygens (including phenoxy) is 1. The fraction of sp³-hybridized carbons (Fsp3) is 0.333. The Balaban J connectivity index is 2.25. The smallest absolute Gasteiger partial charge is 0.373 e. The summed E-state index contributed by atoms with van der Waals surface area (Å²) in [5, 5.41) is 11.7. The fourth-order valence-electron chi connectivity index (χ4n) is 1.04. The Labute approximate surface area is 84.2 Å². The molecule has 0 fully saturated rings. The lowest BCUT2D eigenvalue weighted by atomic mass is 9.89. The van der Waals surface area contributed by atoms with Gasteiger partial charge >= 0.3 is 7.05 Å². The molecule has 0 aromatic heterocycles. The van der Waals surface area contributed by atoms with Crippen LogP contribution in [0.25, 0.3) is 0 Å². The molecule has 1 aromatic carbocycles. The van der Waals surface area contributed by atoms with Gasteiger partial charge in [0.05, 0.1) is 6.61 Å². The zero-order valence-corrected chi connectivity index (χ0v) is 8.23. The molecule has 0 spiro atoms. The molecule has 0 radical (unpaired) electrons. The average molecular weight is 194 g/mol. The summed E-state index contributed by atoms with van der Waals surface area (Å²) in [5.74, 6) is 0.748. The van der Waals surface area contributed by atoms with E-state index in [9.17, 15) is 0 Å². The first-order chi connectivity index (χ1) is 6.68. The molecule has 0 unspecified atom stereocenters. The third kappa shape index (κ3) is 4.16. The van der Waals surface area contributed by atoms with Crippen LogP contribution >= 0.6 is 0 Å². The van der Waals surface area contributed by atoms with E-state index in [0.29, 0.717) is 18.8 Å². The Morgan fingerprint density at radius 3 is 3.00 bits per heavy atom. The second-order valence-electron chi connectivity index (χ2n) is 3.05. The van der Waals surface area contributed by atoms with Crippen LogP contribution in [-0.2, 0) is 0 Å². The Hall–Kier alpha value is -1.20. The Morgan fingerprint density at radius 2 is 2.36 bits per heavy atom. The number of nitrogens with two attached hydrogens (primary N) is 1. The normalized spacial score (nSPS) is 9.86. The molecule has 0 heterocycles.